The summed E-state index contributed by atoms with van der Waals surface area (Å²) in [5.74, 6) is 0.779. The lowest BCUT2D eigenvalue weighted by molar-refractivity contribution is 0.0953. The number of pyridine rings is 2. The molecule has 2 heterocycles. The van der Waals surface area contributed by atoms with Crippen LogP contribution in [0, 0.1) is 0 Å². The highest BCUT2D eigenvalue weighted by molar-refractivity contribution is 5.94. The number of aryl methyl sites for hydroxylation is 1. The topological polar surface area (TPSA) is 58.1 Å². The second kappa shape index (κ2) is 10.2. The zero-order valence-corrected chi connectivity index (χ0v) is 16.2. The molecule has 0 unspecified atom stereocenters. The molecule has 2 aromatic heterocycles. The molecule has 0 spiro atoms. The molecular formula is C23H26N4O. The summed E-state index contributed by atoms with van der Waals surface area (Å²) in [7, 11) is 2.01. The largest absolute Gasteiger partial charge is 0.359 e. The van der Waals surface area contributed by atoms with Gasteiger partial charge < -0.3 is 10.2 Å². The number of anilines is 1. The number of rotatable bonds is 9. The van der Waals surface area contributed by atoms with Crippen molar-refractivity contribution in [3.63, 3.8) is 0 Å². The average molecular weight is 374 g/mol. The first kappa shape index (κ1) is 19.5. The molecule has 5 nitrogen and oxygen atoms in total. The van der Waals surface area contributed by atoms with E-state index in [1.54, 1.807) is 18.6 Å². The lowest BCUT2D eigenvalue weighted by Gasteiger charge is -2.18. The van der Waals surface area contributed by atoms with Crippen molar-refractivity contribution in [2.24, 2.45) is 0 Å². The van der Waals surface area contributed by atoms with E-state index in [0.29, 0.717) is 12.1 Å². The van der Waals surface area contributed by atoms with Gasteiger partial charge in [0.15, 0.2) is 0 Å². The highest BCUT2D eigenvalue weighted by atomic mass is 16.1. The van der Waals surface area contributed by atoms with Gasteiger partial charge >= 0.3 is 0 Å². The Labute approximate surface area is 166 Å². The molecule has 0 aliphatic heterocycles. The minimum absolute atomic E-state index is 0.0773. The van der Waals surface area contributed by atoms with Gasteiger partial charge in [-0.05, 0) is 54.7 Å². The summed E-state index contributed by atoms with van der Waals surface area (Å²) in [4.78, 5) is 22.8. The number of likely N-dealkylation sites (N-methyl/N-ethyl adjacent to an activating group) is 1. The van der Waals surface area contributed by atoms with Crippen LogP contribution in [0.3, 0.4) is 0 Å². The quantitative estimate of drug-likeness (QED) is 0.582. The van der Waals surface area contributed by atoms with Crippen molar-refractivity contribution in [2.45, 2.75) is 19.3 Å². The summed E-state index contributed by atoms with van der Waals surface area (Å²) in [5.41, 5.74) is 3.12. The summed E-state index contributed by atoms with van der Waals surface area (Å²) in [5, 5.41) is 2.97. The molecule has 3 aromatic rings. The van der Waals surface area contributed by atoms with E-state index in [1.165, 1.54) is 11.1 Å². The Balaban J connectivity index is 1.43. The first-order chi connectivity index (χ1) is 13.7. The molecule has 0 fully saturated rings. The number of hydrogen-bond donors (Lipinski definition) is 1. The van der Waals surface area contributed by atoms with Gasteiger partial charge in [0.2, 0.25) is 0 Å². The van der Waals surface area contributed by atoms with Crippen LogP contribution in [-0.2, 0) is 12.8 Å². The fourth-order valence-corrected chi connectivity index (χ4v) is 2.95. The molecular weight excluding hydrogens is 348 g/mol. The van der Waals surface area contributed by atoms with Gasteiger partial charge in [-0.1, -0.05) is 30.3 Å². The van der Waals surface area contributed by atoms with Crippen LogP contribution in [0.4, 0.5) is 5.82 Å². The Morgan fingerprint density at radius 2 is 1.71 bits per heavy atom. The number of aromatic nitrogens is 2. The molecule has 1 N–H and O–H groups in total. The fourth-order valence-electron chi connectivity index (χ4n) is 2.95. The van der Waals surface area contributed by atoms with Crippen molar-refractivity contribution in [3.05, 3.63) is 89.9 Å². The molecule has 5 heteroatoms. The smallest absolute Gasteiger partial charge is 0.252 e. The number of carbonyl (C=O) groups is 1. The maximum absolute atomic E-state index is 12.3. The third-order valence-electron chi connectivity index (χ3n) is 4.66. The molecule has 0 radical (unpaired) electrons. The summed E-state index contributed by atoms with van der Waals surface area (Å²) in [6.45, 7) is 1.50. The van der Waals surface area contributed by atoms with Crippen LogP contribution in [0.2, 0.25) is 0 Å². The van der Waals surface area contributed by atoms with E-state index in [1.807, 2.05) is 49.5 Å². The predicted octanol–water partition coefficient (Wildman–Crippen LogP) is 3.52. The Bertz CT molecular complexity index is 851. The highest BCUT2D eigenvalue weighted by Crippen LogP contribution is 2.11. The van der Waals surface area contributed by atoms with E-state index in [-0.39, 0.29) is 5.91 Å². The molecule has 0 atom stereocenters. The summed E-state index contributed by atoms with van der Waals surface area (Å²) in [6, 6.07) is 18.1. The minimum atomic E-state index is -0.0773. The minimum Gasteiger partial charge on any atom is -0.359 e. The maximum Gasteiger partial charge on any atom is 0.252 e. The van der Waals surface area contributed by atoms with E-state index in [2.05, 4.69) is 32.3 Å². The number of nitrogens with zero attached hydrogens (tertiary/aromatic N) is 3. The van der Waals surface area contributed by atoms with Crippen molar-refractivity contribution in [1.29, 1.82) is 0 Å². The van der Waals surface area contributed by atoms with Crippen LogP contribution in [0.15, 0.2) is 73.2 Å². The van der Waals surface area contributed by atoms with Gasteiger partial charge in [-0.2, -0.15) is 0 Å². The Morgan fingerprint density at radius 1 is 0.964 bits per heavy atom. The Morgan fingerprint density at radius 3 is 2.43 bits per heavy atom. The van der Waals surface area contributed by atoms with Gasteiger partial charge in [-0.3, -0.25) is 9.78 Å². The van der Waals surface area contributed by atoms with Crippen LogP contribution in [0.25, 0.3) is 0 Å². The van der Waals surface area contributed by atoms with Gasteiger partial charge in [0.1, 0.15) is 5.82 Å². The summed E-state index contributed by atoms with van der Waals surface area (Å²) in [6.07, 6.45) is 8.05. The Kier molecular flexibility index (Phi) is 7.13. The van der Waals surface area contributed by atoms with Gasteiger partial charge in [0.25, 0.3) is 5.91 Å². The van der Waals surface area contributed by atoms with Gasteiger partial charge in [0.05, 0.1) is 5.56 Å². The molecule has 0 aliphatic carbocycles. The van der Waals surface area contributed by atoms with E-state index < -0.39 is 0 Å². The zero-order valence-electron chi connectivity index (χ0n) is 16.2. The van der Waals surface area contributed by atoms with Gasteiger partial charge in [-0.15, -0.1) is 0 Å². The van der Waals surface area contributed by atoms with Crippen LogP contribution in [-0.4, -0.2) is 36.0 Å². The van der Waals surface area contributed by atoms with Crippen molar-refractivity contribution >= 4 is 11.7 Å². The van der Waals surface area contributed by atoms with Crippen molar-refractivity contribution in [3.8, 4) is 0 Å². The van der Waals surface area contributed by atoms with E-state index in [4.69, 9.17) is 0 Å². The lowest BCUT2D eigenvalue weighted by Crippen LogP contribution is -2.25. The number of carbonyl (C=O) groups excluding carboxylic acids is 1. The maximum atomic E-state index is 12.3. The normalized spacial score (nSPS) is 10.5. The van der Waals surface area contributed by atoms with Crippen molar-refractivity contribution < 1.29 is 4.79 Å². The molecule has 144 valence electrons. The van der Waals surface area contributed by atoms with E-state index in [0.717, 1.165) is 31.6 Å². The first-order valence-electron chi connectivity index (χ1n) is 9.60. The van der Waals surface area contributed by atoms with Gasteiger partial charge in [0, 0.05) is 38.7 Å². The molecule has 28 heavy (non-hydrogen) atoms. The van der Waals surface area contributed by atoms with Crippen LogP contribution in [0.5, 0.6) is 0 Å². The number of nitrogens with one attached hydrogen (secondary N) is 1. The Hall–Kier alpha value is -3.21. The van der Waals surface area contributed by atoms with Crippen LogP contribution < -0.4 is 10.2 Å². The number of benzene rings is 1. The van der Waals surface area contributed by atoms with Crippen molar-refractivity contribution in [2.75, 3.05) is 25.0 Å². The first-order valence-corrected chi connectivity index (χ1v) is 9.60. The molecule has 3 rings (SSSR count). The number of hydrogen-bond acceptors (Lipinski definition) is 4. The standard InChI is InChI=1S/C23H26N4O/c1-27(17-13-20-11-15-24-16-12-20)22-10-9-21(18-26-22)23(28)25-14-5-8-19-6-3-2-4-7-19/h2-4,6-7,9-12,15-16,18H,5,8,13-14,17H2,1H3,(H,25,28). The zero-order chi connectivity index (χ0) is 19.6. The van der Waals surface area contributed by atoms with E-state index >= 15 is 0 Å². The SMILES string of the molecule is CN(CCc1ccncc1)c1ccc(C(=O)NCCCc2ccccc2)cn1. The highest BCUT2D eigenvalue weighted by Gasteiger charge is 2.08. The molecule has 0 aliphatic rings. The average Bonchev–Trinajstić information content (AvgIpc) is 2.76. The van der Waals surface area contributed by atoms with E-state index in [9.17, 15) is 4.79 Å². The second-order valence-electron chi connectivity index (χ2n) is 6.78. The summed E-state index contributed by atoms with van der Waals surface area (Å²) < 4.78 is 0. The molecule has 0 saturated heterocycles. The van der Waals surface area contributed by atoms with Crippen LogP contribution in [0.1, 0.15) is 27.9 Å². The third-order valence-corrected chi connectivity index (χ3v) is 4.66. The van der Waals surface area contributed by atoms with Crippen molar-refractivity contribution in [1.82, 2.24) is 15.3 Å². The second-order valence-corrected chi connectivity index (χ2v) is 6.78. The lowest BCUT2D eigenvalue weighted by atomic mass is 10.1. The van der Waals surface area contributed by atoms with Crippen LogP contribution >= 0.6 is 0 Å². The third kappa shape index (κ3) is 5.91. The molecule has 0 bridgehead atoms. The summed E-state index contributed by atoms with van der Waals surface area (Å²) >= 11 is 0. The fraction of sp³-hybridized carbons (Fsp3) is 0.261. The van der Waals surface area contributed by atoms with Gasteiger partial charge in [-0.25, -0.2) is 4.98 Å². The molecule has 0 saturated carbocycles. The monoisotopic (exact) mass is 374 g/mol. The predicted molar refractivity (Wildman–Crippen MR) is 113 cm³/mol. The number of amides is 1. The molecule has 1 amide bonds. The molecule has 1 aromatic carbocycles.